The highest BCUT2D eigenvalue weighted by molar-refractivity contribution is 7.88. The average Bonchev–Trinajstić information content (AvgIpc) is 2.35. The molecule has 8 heteroatoms. The van der Waals surface area contributed by atoms with Crippen molar-refractivity contribution in [2.75, 3.05) is 27.2 Å². The summed E-state index contributed by atoms with van der Waals surface area (Å²) in [6.07, 6.45) is 0. The van der Waals surface area contributed by atoms with E-state index in [1.807, 2.05) is 32.8 Å². The zero-order valence-electron chi connectivity index (χ0n) is 13.4. The van der Waals surface area contributed by atoms with Gasteiger partial charge in [-0.15, -0.1) is 0 Å². The lowest BCUT2D eigenvalue weighted by Crippen LogP contribution is -2.40. The highest BCUT2D eigenvalue weighted by Crippen LogP contribution is 2.20. The number of hydrogen-bond donors (Lipinski definition) is 1. The van der Waals surface area contributed by atoms with E-state index in [9.17, 15) is 18.5 Å². The van der Waals surface area contributed by atoms with Crippen LogP contribution in [0, 0.1) is 15.5 Å². The molecule has 1 aromatic carbocycles. The highest BCUT2D eigenvalue weighted by Gasteiger charge is 2.24. The number of para-hydroxylation sites is 1. The maximum absolute atomic E-state index is 12.2. The minimum absolute atomic E-state index is 0.180. The summed E-state index contributed by atoms with van der Waals surface area (Å²) < 4.78 is 26.9. The van der Waals surface area contributed by atoms with Gasteiger partial charge < -0.3 is 4.90 Å². The van der Waals surface area contributed by atoms with E-state index >= 15 is 0 Å². The van der Waals surface area contributed by atoms with Crippen LogP contribution in [0.2, 0.25) is 0 Å². The quantitative estimate of drug-likeness (QED) is 0.578. The molecule has 1 N–H and O–H groups in total. The summed E-state index contributed by atoms with van der Waals surface area (Å²) in [4.78, 5) is 12.3. The molecule has 0 amide bonds. The Bertz CT molecular complexity index is 627. The van der Waals surface area contributed by atoms with Crippen LogP contribution in [0.1, 0.15) is 19.4 Å². The summed E-state index contributed by atoms with van der Waals surface area (Å²) in [6, 6.07) is 5.87. The summed E-state index contributed by atoms with van der Waals surface area (Å²) in [6.45, 7) is 4.91. The Kier molecular flexibility index (Phi) is 6.04. The van der Waals surface area contributed by atoms with Crippen molar-refractivity contribution in [1.29, 1.82) is 0 Å². The first-order chi connectivity index (χ1) is 10.0. The fourth-order valence-electron chi connectivity index (χ4n) is 2.28. The molecule has 0 heterocycles. The Balaban J connectivity index is 2.79. The molecule has 0 aliphatic rings. The van der Waals surface area contributed by atoms with Crippen molar-refractivity contribution >= 4 is 15.7 Å². The second-order valence-corrected chi connectivity index (χ2v) is 8.17. The predicted octanol–water partition coefficient (Wildman–Crippen LogP) is 1.60. The Morgan fingerprint density at radius 1 is 1.27 bits per heavy atom. The molecule has 0 atom stereocenters. The van der Waals surface area contributed by atoms with Crippen molar-refractivity contribution in [3.8, 4) is 0 Å². The normalized spacial score (nSPS) is 12.6. The lowest BCUT2D eigenvalue weighted by atomic mass is 9.93. The number of nitrogens with zero attached hydrogens (tertiary/aromatic N) is 2. The zero-order valence-corrected chi connectivity index (χ0v) is 14.2. The van der Waals surface area contributed by atoms with Gasteiger partial charge in [-0.2, -0.15) is 0 Å². The highest BCUT2D eigenvalue weighted by atomic mass is 32.2. The molecule has 0 spiro atoms. The number of hydrogen-bond acceptors (Lipinski definition) is 5. The largest absolute Gasteiger partial charge is 0.309 e. The van der Waals surface area contributed by atoms with Gasteiger partial charge >= 0.3 is 0 Å². The molecule has 7 nitrogen and oxygen atoms in total. The Morgan fingerprint density at radius 3 is 2.41 bits per heavy atom. The molecule has 124 valence electrons. The minimum atomic E-state index is -3.63. The lowest BCUT2D eigenvalue weighted by Gasteiger charge is -2.28. The van der Waals surface area contributed by atoms with Gasteiger partial charge in [0.05, 0.1) is 10.7 Å². The number of nitro benzene ring substituents is 1. The summed E-state index contributed by atoms with van der Waals surface area (Å²) in [5, 5.41) is 10.9. The Hall–Kier alpha value is -1.51. The minimum Gasteiger partial charge on any atom is -0.309 e. The fraction of sp³-hybridized carbons (Fsp3) is 0.571. The standard InChI is InChI=1S/C14H23N3O4S/c1-14(2,11-16(3)4)10-15-22(20,21)9-12-7-5-6-8-13(12)17(18)19/h5-8,15H,9-11H2,1-4H3. The number of nitro groups is 1. The van der Waals surface area contributed by atoms with Crippen LogP contribution in [-0.4, -0.2) is 45.4 Å². The van der Waals surface area contributed by atoms with Crippen LogP contribution in [0.5, 0.6) is 0 Å². The molecular formula is C14H23N3O4S. The summed E-state index contributed by atoms with van der Waals surface area (Å²) in [7, 11) is 0.208. The molecule has 1 aromatic rings. The first-order valence-corrected chi connectivity index (χ1v) is 8.52. The van der Waals surface area contributed by atoms with E-state index in [-0.39, 0.29) is 23.2 Å². The molecule has 0 saturated carbocycles. The van der Waals surface area contributed by atoms with Crippen molar-refractivity contribution in [3.63, 3.8) is 0 Å². The molecule has 0 saturated heterocycles. The maximum atomic E-state index is 12.2. The molecule has 0 aliphatic carbocycles. The van der Waals surface area contributed by atoms with Crippen LogP contribution in [0.3, 0.4) is 0 Å². The molecule has 1 rings (SSSR count). The van der Waals surface area contributed by atoms with Crippen LogP contribution < -0.4 is 4.72 Å². The topological polar surface area (TPSA) is 92.6 Å². The van der Waals surface area contributed by atoms with Gasteiger partial charge in [0.15, 0.2) is 0 Å². The third kappa shape index (κ3) is 6.08. The van der Waals surface area contributed by atoms with Gasteiger partial charge in [-0.25, -0.2) is 13.1 Å². The van der Waals surface area contributed by atoms with E-state index in [2.05, 4.69) is 4.72 Å². The molecule has 0 unspecified atom stereocenters. The van der Waals surface area contributed by atoms with Crippen molar-refractivity contribution in [2.45, 2.75) is 19.6 Å². The van der Waals surface area contributed by atoms with E-state index in [0.29, 0.717) is 0 Å². The summed E-state index contributed by atoms with van der Waals surface area (Å²) in [5.41, 5.74) is -0.232. The third-order valence-electron chi connectivity index (χ3n) is 3.05. The van der Waals surface area contributed by atoms with Crippen LogP contribution in [0.4, 0.5) is 5.69 Å². The molecule has 0 aliphatic heterocycles. The van der Waals surface area contributed by atoms with Gasteiger partial charge in [-0.05, 0) is 19.5 Å². The monoisotopic (exact) mass is 329 g/mol. The van der Waals surface area contributed by atoms with E-state index in [1.165, 1.54) is 18.2 Å². The van der Waals surface area contributed by atoms with Crippen molar-refractivity contribution < 1.29 is 13.3 Å². The van der Waals surface area contributed by atoms with Crippen LogP contribution in [0.25, 0.3) is 0 Å². The van der Waals surface area contributed by atoms with E-state index < -0.39 is 20.7 Å². The third-order valence-corrected chi connectivity index (χ3v) is 4.32. The second-order valence-electron chi connectivity index (χ2n) is 6.37. The lowest BCUT2D eigenvalue weighted by molar-refractivity contribution is -0.385. The number of benzene rings is 1. The predicted molar refractivity (Wildman–Crippen MR) is 86.1 cm³/mol. The van der Waals surface area contributed by atoms with Crippen molar-refractivity contribution in [3.05, 3.63) is 39.9 Å². The van der Waals surface area contributed by atoms with Crippen LogP contribution in [0.15, 0.2) is 24.3 Å². The molecule has 0 fully saturated rings. The molecule has 0 bridgehead atoms. The van der Waals surface area contributed by atoms with Gasteiger partial charge in [-0.1, -0.05) is 32.0 Å². The van der Waals surface area contributed by atoms with Gasteiger partial charge in [0.1, 0.15) is 0 Å². The van der Waals surface area contributed by atoms with E-state index in [1.54, 1.807) is 6.07 Å². The second kappa shape index (κ2) is 7.17. The zero-order chi connectivity index (χ0) is 17.0. The fourth-order valence-corrected chi connectivity index (χ4v) is 3.65. The van der Waals surface area contributed by atoms with Crippen LogP contribution >= 0.6 is 0 Å². The van der Waals surface area contributed by atoms with Crippen molar-refractivity contribution in [1.82, 2.24) is 9.62 Å². The first-order valence-electron chi connectivity index (χ1n) is 6.87. The molecular weight excluding hydrogens is 306 g/mol. The Labute approximate surface area is 131 Å². The number of nitrogens with one attached hydrogen (secondary N) is 1. The Morgan fingerprint density at radius 2 is 1.86 bits per heavy atom. The molecule has 0 radical (unpaired) electrons. The van der Waals surface area contributed by atoms with E-state index in [0.717, 1.165) is 6.54 Å². The SMILES string of the molecule is CN(C)CC(C)(C)CNS(=O)(=O)Cc1ccccc1[N+](=O)[O-]. The van der Waals surface area contributed by atoms with Gasteiger partial charge in [0.2, 0.25) is 10.0 Å². The molecule has 0 aromatic heterocycles. The van der Waals surface area contributed by atoms with Gasteiger partial charge in [-0.3, -0.25) is 10.1 Å². The number of rotatable bonds is 8. The summed E-state index contributed by atoms with van der Waals surface area (Å²) in [5.74, 6) is -0.401. The van der Waals surface area contributed by atoms with Gasteiger partial charge in [0.25, 0.3) is 5.69 Å². The first kappa shape index (κ1) is 18.5. The van der Waals surface area contributed by atoms with Crippen LogP contribution in [-0.2, 0) is 15.8 Å². The smallest absolute Gasteiger partial charge is 0.273 e. The van der Waals surface area contributed by atoms with Crippen molar-refractivity contribution in [2.24, 2.45) is 5.41 Å². The van der Waals surface area contributed by atoms with Gasteiger partial charge in [0, 0.05) is 24.7 Å². The van der Waals surface area contributed by atoms with E-state index in [4.69, 9.17) is 0 Å². The molecule has 22 heavy (non-hydrogen) atoms. The maximum Gasteiger partial charge on any atom is 0.273 e. The average molecular weight is 329 g/mol. The number of sulfonamides is 1. The summed E-state index contributed by atoms with van der Waals surface area (Å²) >= 11 is 0.